The van der Waals surface area contributed by atoms with Crippen LogP contribution in [0.5, 0.6) is 0 Å². The van der Waals surface area contributed by atoms with E-state index in [2.05, 4.69) is 24.3 Å². The molecule has 1 atom stereocenters. The van der Waals surface area contributed by atoms with Crippen LogP contribution in [0.15, 0.2) is 6.20 Å². The first-order chi connectivity index (χ1) is 10.7. The number of carbonyl (C=O) groups excluding carboxylic acids is 1. The molecule has 2 rings (SSSR count). The van der Waals surface area contributed by atoms with Crippen LogP contribution in [0.4, 0.5) is 18.9 Å². The first-order valence-corrected chi connectivity index (χ1v) is 7.88. The predicted molar refractivity (Wildman–Crippen MR) is 81.1 cm³/mol. The highest BCUT2D eigenvalue weighted by atomic mass is 19.4. The van der Waals surface area contributed by atoms with Crippen molar-refractivity contribution in [3.63, 3.8) is 0 Å². The number of nitrogens with one attached hydrogen (secondary N) is 1. The van der Waals surface area contributed by atoms with Crippen LogP contribution in [-0.2, 0) is 17.8 Å². The highest BCUT2D eigenvalue weighted by molar-refractivity contribution is 5.86. The monoisotopic (exact) mass is 332 g/mol. The molecule has 8 heteroatoms. The van der Waals surface area contributed by atoms with E-state index in [0.717, 1.165) is 29.2 Å². The summed E-state index contributed by atoms with van der Waals surface area (Å²) in [5, 5.41) is 7.40. The molecule has 1 fully saturated rings. The predicted octanol–water partition coefficient (Wildman–Crippen LogP) is 2.68. The van der Waals surface area contributed by atoms with Crippen LogP contribution in [0.25, 0.3) is 0 Å². The maximum absolute atomic E-state index is 12.5. The lowest BCUT2D eigenvalue weighted by molar-refractivity contribution is -0.157. The molecule has 0 aliphatic carbocycles. The first-order valence-electron chi connectivity index (χ1n) is 7.88. The van der Waals surface area contributed by atoms with Crippen molar-refractivity contribution in [2.45, 2.75) is 52.4 Å². The van der Waals surface area contributed by atoms with Crippen LogP contribution < -0.4 is 5.32 Å². The number of amides is 1. The third-order valence-corrected chi connectivity index (χ3v) is 3.82. The van der Waals surface area contributed by atoms with E-state index in [1.165, 1.54) is 0 Å². The second kappa shape index (κ2) is 6.80. The topological polar surface area (TPSA) is 50.2 Å². The Kier molecular flexibility index (Phi) is 5.21. The maximum atomic E-state index is 12.5. The molecule has 1 aromatic rings. The van der Waals surface area contributed by atoms with Crippen molar-refractivity contribution in [2.24, 2.45) is 5.92 Å². The lowest BCUT2D eigenvalue weighted by Crippen LogP contribution is -2.39. The van der Waals surface area contributed by atoms with Gasteiger partial charge in [-0.05, 0) is 18.8 Å². The number of anilines is 1. The van der Waals surface area contributed by atoms with Crippen LogP contribution in [-0.4, -0.2) is 45.9 Å². The van der Waals surface area contributed by atoms with Crippen molar-refractivity contribution in [3.05, 3.63) is 11.9 Å². The fourth-order valence-electron chi connectivity index (χ4n) is 2.84. The van der Waals surface area contributed by atoms with Crippen molar-refractivity contribution in [1.82, 2.24) is 14.7 Å². The van der Waals surface area contributed by atoms with Crippen molar-refractivity contribution >= 4 is 11.6 Å². The SMILES string of the molecule is CCc1c(NC2CCN(CC(F)(F)F)C2=O)cnn1CC(C)C. The first kappa shape index (κ1) is 17.6. The number of hydrogen-bond donors (Lipinski definition) is 1. The second-order valence-corrected chi connectivity index (χ2v) is 6.30. The fourth-order valence-corrected chi connectivity index (χ4v) is 2.84. The van der Waals surface area contributed by atoms with E-state index < -0.39 is 24.7 Å². The minimum Gasteiger partial charge on any atom is -0.371 e. The van der Waals surface area contributed by atoms with E-state index in [4.69, 9.17) is 0 Å². The summed E-state index contributed by atoms with van der Waals surface area (Å²) in [6, 6.07) is -0.612. The summed E-state index contributed by atoms with van der Waals surface area (Å²) in [5.41, 5.74) is 1.71. The van der Waals surface area contributed by atoms with Crippen LogP contribution >= 0.6 is 0 Å². The average molecular weight is 332 g/mol. The zero-order valence-corrected chi connectivity index (χ0v) is 13.7. The summed E-state index contributed by atoms with van der Waals surface area (Å²) in [6.45, 7) is 5.87. The van der Waals surface area contributed by atoms with Crippen LogP contribution in [0.3, 0.4) is 0 Å². The molecular weight excluding hydrogens is 309 g/mol. The average Bonchev–Trinajstić information content (AvgIpc) is 2.95. The van der Waals surface area contributed by atoms with Crippen molar-refractivity contribution < 1.29 is 18.0 Å². The van der Waals surface area contributed by atoms with Gasteiger partial charge in [-0.25, -0.2) is 0 Å². The summed E-state index contributed by atoms with van der Waals surface area (Å²) in [6.07, 6.45) is -1.60. The summed E-state index contributed by atoms with van der Waals surface area (Å²) < 4.78 is 39.2. The van der Waals surface area contributed by atoms with Gasteiger partial charge in [0, 0.05) is 13.1 Å². The highest BCUT2D eigenvalue weighted by Crippen LogP contribution is 2.24. The van der Waals surface area contributed by atoms with Gasteiger partial charge in [-0.2, -0.15) is 18.3 Å². The third-order valence-electron chi connectivity index (χ3n) is 3.82. The summed E-state index contributed by atoms with van der Waals surface area (Å²) in [5.74, 6) is -0.0653. The van der Waals surface area contributed by atoms with Gasteiger partial charge < -0.3 is 10.2 Å². The molecule has 1 saturated heterocycles. The Balaban J connectivity index is 2.05. The van der Waals surface area contributed by atoms with E-state index in [1.54, 1.807) is 6.20 Å². The van der Waals surface area contributed by atoms with Gasteiger partial charge in [0.05, 0.1) is 17.6 Å². The van der Waals surface area contributed by atoms with E-state index in [0.29, 0.717) is 12.3 Å². The number of likely N-dealkylation sites (tertiary alicyclic amines) is 1. The molecule has 2 heterocycles. The molecule has 23 heavy (non-hydrogen) atoms. The second-order valence-electron chi connectivity index (χ2n) is 6.30. The molecule has 1 amide bonds. The Hall–Kier alpha value is -1.73. The number of nitrogens with zero attached hydrogens (tertiary/aromatic N) is 3. The lowest BCUT2D eigenvalue weighted by Gasteiger charge is -2.19. The summed E-state index contributed by atoms with van der Waals surface area (Å²) in [7, 11) is 0. The molecule has 1 aliphatic heterocycles. The fraction of sp³-hybridized carbons (Fsp3) is 0.733. The van der Waals surface area contributed by atoms with E-state index in [9.17, 15) is 18.0 Å². The van der Waals surface area contributed by atoms with Gasteiger partial charge in [0.1, 0.15) is 12.6 Å². The van der Waals surface area contributed by atoms with Crippen LogP contribution in [0, 0.1) is 5.92 Å². The van der Waals surface area contributed by atoms with E-state index in [-0.39, 0.29) is 6.54 Å². The number of alkyl halides is 3. The van der Waals surface area contributed by atoms with Gasteiger partial charge in [-0.1, -0.05) is 20.8 Å². The molecule has 1 unspecified atom stereocenters. The normalized spacial score (nSPS) is 19.0. The van der Waals surface area contributed by atoms with Crippen LogP contribution in [0.2, 0.25) is 0 Å². The van der Waals surface area contributed by atoms with Gasteiger partial charge in [0.2, 0.25) is 5.91 Å². The van der Waals surface area contributed by atoms with Gasteiger partial charge in [-0.3, -0.25) is 9.48 Å². The molecule has 0 saturated carbocycles. The molecule has 1 aromatic heterocycles. The zero-order chi connectivity index (χ0) is 17.2. The number of aromatic nitrogens is 2. The Bertz CT molecular complexity index is 553. The molecule has 130 valence electrons. The quantitative estimate of drug-likeness (QED) is 0.871. The van der Waals surface area contributed by atoms with Gasteiger partial charge >= 0.3 is 6.18 Å². The molecule has 1 N–H and O–H groups in total. The minimum atomic E-state index is -4.36. The zero-order valence-electron chi connectivity index (χ0n) is 13.7. The largest absolute Gasteiger partial charge is 0.406 e. The van der Waals surface area contributed by atoms with Gasteiger partial charge in [-0.15, -0.1) is 0 Å². The summed E-state index contributed by atoms with van der Waals surface area (Å²) in [4.78, 5) is 13.0. The molecule has 1 aliphatic rings. The molecule has 0 aromatic carbocycles. The van der Waals surface area contributed by atoms with E-state index in [1.807, 2.05) is 11.6 Å². The Morgan fingerprint density at radius 1 is 1.43 bits per heavy atom. The van der Waals surface area contributed by atoms with Crippen molar-refractivity contribution in [1.29, 1.82) is 0 Å². The maximum Gasteiger partial charge on any atom is 0.406 e. The Morgan fingerprint density at radius 2 is 2.13 bits per heavy atom. The standard InChI is InChI=1S/C15H23F3N4O/c1-4-13-12(7-19-22(13)8-10(2)3)20-11-5-6-21(14(11)23)9-15(16,17)18/h7,10-11,20H,4-6,8-9H2,1-3H3. The highest BCUT2D eigenvalue weighted by Gasteiger charge is 2.39. The minimum absolute atomic E-state index is 0.123. The molecule has 5 nitrogen and oxygen atoms in total. The molecule has 0 bridgehead atoms. The molecular formula is C15H23F3N4O. The number of carbonyl (C=O) groups is 1. The van der Waals surface area contributed by atoms with Crippen molar-refractivity contribution in [3.8, 4) is 0 Å². The van der Waals surface area contributed by atoms with Crippen LogP contribution in [0.1, 0.15) is 32.9 Å². The molecule has 0 radical (unpaired) electrons. The van der Waals surface area contributed by atoms with Gasteiger partial charge in [0.15, 0.2) is 0 Å². The summed E-state index contributed by atoms with van der Waals surface area (Å²) >= 11 is 0. The Labute approximate surface area is 133 Å². The number of rotatable bonds is 6. The van der Waals surface area contributed by atoms with Crippen molar-refractivity contribution in [2.75, 3.05) is 18.4 Å². The number of halogens is 3. The third kappa shape index (κ3) is 4.39. The van der Waals surface area contributed by atoms with Gasteiger partial charge in [0.25, 0.3) is 0 Å². The van der Waals surface area contributed by atoms with E-state index >= 15 is 0 Å². The molecule has 0 spiro atoms. The Morgan fingerprint density at radius 3 is 2.70 bits per heavy atom. The smallest absolute Gasteiger partial charge is 0.371 e. The lowest BCUT2D eigenvalue weighted by atomic mass is 10.2. The number of hydrogen-bond acceptors (Lipinski definition) is 3.